The molecule has 2 aromatic carbocycles. The molecule has 3 heterocycles. The average molecular weight is 565 g/mol. The first kappa shape index (κ1) is 27.0. The molecule has 1 aliphatic rings. The summed E-state index contributed by atoms with van der Waals surface area (Å²) in [6.45, 7) is 1.04. The van der Waals surface area contributed by atoms with E-state index in [1.165, 1.54) is 11.8 Å². The van der Waals surface area contributed by atoms with E-state index in [2.05, 4.69) is 30.6 Å². The number of aromatic nitrogens is 6. The quantitative estimate of drug-likeness (QED) is 0.283. The van der Waals surface area contributed by atoms with Crippen LogP contribution in [0, 0.1) is 0 Å². The number of hydrogen-bond donors (Lipinski definition) is 1. The molecule has 1 amide bonds. The number of carbonyl (C=O) groups excluding carboxylic acids is 2. The second-order valence-electron chi connectivity index (χ2n) is 8.69. The van der Waals surface area contributed by atoms with E-state index in [1.54, 1.807) is 23.2 Å². The van der Waals surface area contributed by atoms with Gasteiger partial charge in [-0.05, 0) is 41.4 Å². The second kappa shape index (κ2) is 12.5. The number of methoxy groups -OCH3 is 1. The van der Waals surface area contributed by atoms with E-state index in [0.717, 1.165) is 11.3 Å². The minimum absolute atomic E-state index is 0.0265. The third kappa shape index (κ3) is 6.68. The van der Waals surface area contributed by atoms with Crippen LogP contribution in [0.4, 0.5) is 17.3 Å². The van der Waals surface area contributed by atoms with Gasteiger partial charge < -0.3 is 24.4 Å². The lowest BCUT2D eigenvalue weighted by atomic mass is 10.1. The third-order valence-corrected chi connectivity index (χ3v) is 6.15. The van der Waals surface area contributed by atoms with Gasteiger partial charge in [0.25, 0.3) is 5.91 Å². The predicted octanol–water partition coefficient (Wildman–Crippen LogP) is 2.76. The SMILES string of the molecule is COC(=O)[C@H](Cc1ccccc1)n1cc(COc2nc(Cl)nc(Nc3ccc(N4CCOCC4=O)cc3)n2)nn1. The van der Waals surface area contributed by atoms with E-state index in [4.69, 9.17) is 25.8 Å². The highest BCUT2D eigenvalue weighted by Gasteiger charge is 2.24. The molecule has 1 aliphatic heterocycles. The Morgan fingerprint density at radius 2 is 1.93 bits per heavy atom. The Hall–Kier alpha value is -4.62. The Morgan fingerprint density at radius 1 is 1.12 bits per heavy atom. The van der Waals surface area contributed by atoms with Gasteiger partial charge in [0, 0.05) is 24.3 Å². The van der Waals surface area contributed by atoms with Gasteiger partial charge in [0.05, 0.1) is 19.9 Å². The third-order valence-electron chi connectivity index (χ3n) is 5.98. The minimum atomic E-state index is -0.691. The number of nitrogens with zero attached hydrogens (tertiary/aromatic N) is 7. The van der Waals surface area contributed by atoms with Crippen molar-refractivity contribution in [3.8, 4) is 6.01 Å². The van der Waals surface area contributed by atoms with Gasteiger partial charge in [-0.25, -0.2) is 9.48 Å². The molecule has 1 saturated heterocycles. The Balaban J connectivity index is 1.23. The molecule has 0 bridgehead atoms. The highest BCUT2D eigenvalue weighted by molar-refractivity contribution is 6.28. The average Bonchev–Trinajstić information content (AvgIpc) is 3.44. The van der Waals surface area contributed by atoms with Gasteiger partial charge in [-0.15, -0.1) is 5.10 Å². The standard InChI is InChI=1S/C26H25ClN8O5/c1-38-23(37)21(13-17-5-3-2-4-6-17)35-14-19(32-33-35)15-40-26-30-24(27)29-25(31-26)28-18-7-9-20(10-8-18)34-11-12-39-16-22(34)36/h2-10,14,21H,11-13,15-16H2,1H3,(H,28,29,30,31)/t21-/m0/s1. The molecule has 13 nitrogen and oxygen atoms in total. The van der Waals surface area contributed by atoms with E-state index in [1.807, 2.05) is 42.5 Å². The number of halogens is 1. The Labute approximate surface area is 234 Å². The Morgan fingerprint density at radius 3 is 2.67 bits per heavy atom. The molecule has 206 valence electrons. The molecule has 0 radical (unpaired) electrons. The van der Waals surface area contributed by atoms with Crippen molar-refractivity contribution in [2.45, 2.75) is 19.1 Å². The van der Waals surface area contributed by atoms with Crippen LogP contribution < -0.4 is 15.0 Å². The molecule has 0 unspecified atom stereocenters. The van der Waals surface area contributed by atoms with Gasteiger partial charge in [-0.2, -0.15) is 15.0 Å². The fraction of sp³-hybridized carbons (Fsp3) is 0.269. The molecule has 4 aromatic rings. The number of morpholine rings is 1. The molecule has 14 heteroatoms. The number of carbonyl (C=O) groups is 2. The summed E-state index contributed by atoms with van der Waals surface area (Å²) >= 11 is 6.09. The maximum absolute atomic E-state index is 12.4. The molecule has 1 fully saturated rings. The summed E-state index contributed by atoms with van der Waals surface area (Å²) in [5.41, 5.74) is 2.84. The zero-order valence-corrected chi connectivity index (χ0v) is 22.2. The number of amides is 1. The van der Waals surface area contributed by atoms with E-state index in [0.29, 0.717) is 31.0 Å². The van der Waals surface area contributed by atoms with Crippen molar-refractivity contribution in [2.75, 3.05) is 37.1 Å². The monoisotopic (exact) mass is 564 g/mol. The van der Waals surface area contributed by atoms with Crippen LogP contribution in [0.1, 0.15) is 17.3 Å². The summed E-state index contributed by atoms with van der Waals surface area (Å²) in [5.74, 6) is -0.358. The van der Waals surface area contributed by atoms with Gasteiger partial charge in [-0.1, -0.05) is 35.5 Å². The molecule has 0 aliphatic carbocycles. The molecular formula is C26H25ClN8O5. The lowest BCUT2D eigenvalue weighted by Crippen LogP contribution is -2.41. The first-order chi connectivity index (χ1) is 19.5. The fourth-order valence-corrected chi connectivity index (χ4v) is 4.18. The van der Waals surface area contributed by atoms with E-state index in [-0.39, 0.29) is 36.4 Å². The maximum Gasteiger partial charge on any atom is 0.331 e. The van der Waals surface area contributed by atoms with Crippen LogP contribution in [0.3, 0.4) is 0 Å². The normalized spacial score (nSPS) is 14.1. The van der Waals surface area contributed by atoms with Crippen molar-refractivity contribution in [1.29, 1.82) is 0 Å². The molecular weight excluding hydrogens is 540 g/mol. The number of benzene rings is 2. The predicted molar refractivity (Wildman–Crippen MR) is 143 cm³/mol. The van der Waals surface area contributed by atoms with Gasteiger partial charge in [0.1, 0.15) is 18.9 Å². The van der Waals surface area contributed by atoms with Gasteiger partial charge in [0.15, 0.2) is 6.04 Å². The van der Waals surface area contributed by atoms with Crippen molar-refractivity contribution in [3.63, 3.8) is 0 Å². The molecule has 5 rings (SSSR count). The summed E-state index contributed by atoms with van der Waals surface area (Å²) in [5, 5.41) is 11.2. The van der Waals surface area contributed by atoms with Crippen LogP contribution in [-0.4, -0.2) is 68.7 Å². The van der Waals surface area contributed by atoms with Crippen molar-refractivity contribution in [3.05, 3.63) is 77.3 Å². The zero-order valence-electron chi connectivity index (χ0n) is 21.4. The largest absolute Gasteiger partial charge is 0.467 e. The number of rotatable bonds is 10. The minimum Gasteiger partial charge on any atom is -0.467 e. The second-order valence-corrected chi connectivity index (χ2v) is 9.03. The number of anilines is 3. The summed E-state index contributed by atoms with van der Waals surface area (Å²) in [6, 6.07) is 16.0. The summed E-state index contributed by atoms with van der Waals surface area (Å²) in [6.07, 6.45) is 1.99. The van der Waals surface area contributed by atoms with E-state index < -0.39 is 12.0 Å². The summed E-state index contributed by atoms with van der Waals surface area (Å²) in [7, 11) is 1.33. The van der Waals surface area contributed by atoms with Crippen molar-refractivity contribution in [1.82, 2.24) is 29.9 Å². The summed E-state index contributed by atoms with van der Waals surface area (Å²) in [4.78, 5) is 38.5. The van der Waals surface area contributed by atoms with Crippen molar-refractivity contribution < 1.29 is 23.8 Å². The fourth-order valence-electron chi connectivity index (χ4n) is 4.03. The van der Waals surface area contributed by atoms with Crippen LogP contribution in [0.15, 0.2) is 60.8 Å². The van der Waals surface area contributed by atoms with Crippen LogP contribution in [0.25, 0.3) is 0 Å². The topological polar surface area (TPSA) is 146 Å². The first-order valence-corrected chi connectivity index (χ1v) is 12.7. The Kier molecular flexibility index (Phi) is 8.42. The van der Waals surface area contributed by atoms with Crippen LogP contribution in [0.2, 0.25) is 5.28 Å². The molecule has 0 saturated carbocycles. The van der Waals surface area contributed by atoms with Crippen LogP contribution in [-0.2, 0) is 32.1 Å². The smallest absolute Gasteiger partial charge is 0.331 e. The first-order valence-electron chi connectivity index (χ1n) is 12.3. The summed E-state index contributed by atoms with van der Waals surface area (Å²) < 4.78 is 17.3. The molecule has 1 atom stereocenters. The van der Waals surface area contributed by atoms with Gasteiger partial charge >= 0.3 is 12.0 Å². The van der Waals surface area contributed by atoms with Crippen LogP contribution >= 0.6 is 11.6 Å². The molecule has 0 spiro atoms. The lowest BCUT2D eigenvalue weighted by molar-refractivity contribution is -0.145. The molecule has 2 aromatic heterocycles. The van der Waals surface area contributed by atoms with Gasteiger partial charge in [0.2, 0.25) is 11.2 Å². The highest BCUT2D eigenvalue weighted by atomic mass is 35.5. The number of hydrogen-bond acceptors (Lipinski definition) is 11. The number of ether oxygens (including phenoxy) is 3. The van der Waals surface area contributed by atoms with E-state index >= 15 is 0 Å². The highest BCUT2D eigenvalue weighted by Crippen LogP contribution is 2.23. The Bertz CT molecular complexity index is 1470. The maximum atomic E-state index is 12.4. The zero-order chi connectivity index (χ0) is 27.9. The van der Waals surface area contributed by atoms with Gasteiger partial charge in [-0.3, -0.25) is 4.79 Å². The number of esters is 1. The molecule has 40 heavy (non-hydrogen) atoms. The van der Waals surface area contributed by atoms with Crippen LogP contribution in [0.5, 0.6) is 6.01 Å². The van der Waals surface area contributed by atoms with Crippen molar-refractivity contribution in [2.24, 2.45) is 0 Å². The number of nitrogens with one attached hydrogen (secondary N) is 1. The van der Waals surface area contributed by atoms with E-state index in [9.17, 15) is 9.59 Å². The molecule has 1 N–H and O–H groups in total. The van der Waals surface area contributed by atoms with Crippen molar-refractivity contribution >= 4 is 40.8 Å². The lowest BCUT2D eigenvalue weighted by Gasteiger charge is -2.26.